The second kappa shape index (κ2) is 10.6. The Labute approximate surface area is 213 Å². The molecule has 0 bridgehead atoms. The molecule has 0 aliphatic rings. The fourth-order valence-corrected chi connectivity index (χ4v) is 4.99. The van der Waals surface area contributed by atoms with Crippen LogP contribution in [0.25, 0.3) is 22.2 Å². The van der Waals surface area contributed by atoms with Gasteiger partial charge in [-0.25, -0.2) is 10.4 Å². The van der Waals surface area contributed by atoms with Crippen molar-refractivity contribution in [2.24, 2.45) is 5.10 Å². The lowest BCUT2D eigenvalue weighted by Crippen LogP contribution is -2.18. The van der Waals surface area contributed by atoms with Gasteiger partial charge in [0.1, 0.15) is 12.4 Å². The first-order chi connectivity index (χ1) is 16.1. The van der Waals surface area contributed by atoms with E-state index in [1.165, 1.54) is 6.21 Å². The van der Waals surface area contributed by atoms with Crippen LogP contribution in [0.5, 0.6) is 5.75 Å². The molecule has 0 atom stereocenters. The number of nitrogens with one attached hydrogen (secondary N) is 1. The van der Waals surface area contributed by atoms with Gasteiger partial charge in [-0.1, -0.05) is 70.4 Å². The number of aromatic nitrogens is 1. The van der Waals surface area contributed by atoms with E-state index >= 15 is 0 Å². The summed E-state index contributed by atoms with van der Waals surface area (Å²) in [6.45, 7) is 0.135. The Morgan fingerprint density at radius 2 is 1.91 bits per heavy atom. The van der Waals surface area contributed by atoms with Crippen LogP contribution in [0.2, 0.25) is 0 Å². The molecule has 0 fully saturated rings. The molecule has 0 saturated heterocycles. The van der Waals surface area contributed by atoms with Gasteiger partial charge >= 0.3 is 0 Å². The number of carbonyl (C=O) groups is 1. The number of amides is 1. The molecule has 0 radical (unpaired) electrons. The van der Waals surface area contributed by atoms with Crippen LogP contribution in [0.4, 0.5) is 0 Å². The van der Waals surface area contributed by atoms with Crippen LogP contribution in [0.15, 0.2) is 82.4 Å². The number of nitrogens with zero attached hydrogens (tertiary/aromatic N) is 2. The fraction of sp³-hybridized carbons (Fsp3) is 0.0385. The SMILES string of the molecule is C#CCOc1c(I)cc(Br)cc1/C=N\NC(=O)c1cc(-c2ccccc2)nc2ccccc12. The number of terminal acetylenes is 1. The van der Waals surface area contributed by atoms with Gasteiger partial charge in [0, 0.05) is 21.0 Å². The van der Waals surface area contributed by atoms with Gasteiger partial charge in [-0.15, -0.1) is 6.42 Å². The van der Waals surface area contributed by atoms with Crippen molar-refractivity contribution >= 4 is 61.5 Å². The highest BCUT2D eigenvalue weighted by molar-refractivity contribution is 14.1. The summed E-state index contributed by atoms with van der Waals surface area (Å²) < 4.78 is 7.39. The second-order valence-electron chi connectivity index (χ2n) is 6.94. The van der Waals surface area contributed by atoms with Crippen molar-refractivity contribution in [1.82, 2.24) is 10.4 Å². The highest BCUT2D eigenvalue weighted by atomic mass is 127. The number of pyridine rings is 1. The van der Waals surface area contributed by atoms with E-state index in [-0.39, 0.29) is 12.5 Å². The van der Waals surface area contributed by atoms with Crippen molar-refractivity contribution < 1.29 is 9.53 Å². The van der Waals surface area contributed by atoms with Crippen LogP contribution in [-0.2, 0) is 0 Å². The van der Waals surface area contributed by atoms with E-state index in [0.29, 0.717) is 16.9 Å². The number of benzene rings is 3. The number of carbonyl (C=O) groups excluding carboxylic acids is 1. The van der Waals surface area contributed by atoms with Crippen LogP contribution in [0.1, 0.15) is 15.9 Å². The van der Waals surface area contributed by atoms with E-state index in [1.807, 2.05) is 66.7 Å². The molecule has 3 aromatic carbocycles. The predicted molar refractivity (Wildman–Crippen MR) is 143 cm³/mol. The van der Waals surface area contributed by atoms with E-state index < -0.39 is 0 Å². The summed E-state index contributed by atoms with van der Waals surface area (Å²) in [7, 11) is 0. The maximum absolute atomic E-state index is 13.1. The molecule has 162 valence electrons. The molecular weight excluding hydrogens is 593 g/mol. The Morgan fingerprint density at radius 1 is 1.15 bits per heavy atom. The minimum absolute atomic E-state index is 0.135. The smallest absolute Gasteiger partial charge is 0.272 e. The van der Waals surface area contributed by atoms with E-state index in [9.17, 15) is 4.79 Å². The van der Waals surface area contributed by atoms with E-state index in [4.69, 9.17) is 16.1 Å². The van der Waals surface area contributed by atoms with Crippen molar-refractivity contribution in [3.8, 4) is 29.4 Å². The molecule has 0 unspecified atom stereocenters. The number of para-hydroxylation sites is 1. The fourth-order valence-electron chi connectivity index (χ4n) is 3.28. The largest absolute Gasteiger partial charge is 0.479 e. The Morgan fingerprint density at radius 3 is 2.70 bits per heavy atom. The zero-order chi connectivity index (χ0) is 23.2. The highest BCUT2D eigenvalue weighted by Crippen LogP contribution is 2.29. The lowest BCUT2D eigenvalue weighted by molar-refractivity contribution is 0.0956. The average Bonchev–Trinajstić information content (AvgIpc) is 2.83. The van der Waals surface area contributed by atoms with Crippen LogP contribution in [0, 0.1) is 15.9 Å². The van der Waals surface area contributed by atoms with Crippen LogP contribution in [-0.4, -0.2) is 23.7 Å². The molecule has 0 saturated carbocycles. The van der Waals surface area contributed by atoms with Crippen LogP contribution < -0.4 is 10.2 Å². The lowest BCUT2D eigenvalue weighted by Gasteiger charge is -2.10. The van der Waals surface area contributed by atoms with Gasteiger partial charge in [0.05, 0.1) is 26.6 Å². The van der Waals surface area contributed by atoms with Crippen molar-refractivity contribution in [3.63, 3.8) is 0 Å². The number of rotatable bonds is 6. The Kier molecular flexibility index (Phi) is 7.37. The molecule has 1 amide bonds. The zero-order valence-electron chi connectivity index (χ0n) is 17.3. The minimum atomic E-state index is -0.335. The lowest BCUT2D eigenvalue weighted by atomic mass is 10.0. The van der Waals surface area contributed by atoms with Gasteiger partial charge in [0.25, 0.3) is 5.91 Å². The molecule has 1 aromatic heterocycles. The van der Waals surface area contributed by atoms with Gasteiger partial charge < -0.3 is 4.74 Å². The summed E-state index contributed by atoms with van der Waals surface area (Å²) in [6.07, 6.45) is 6.87. The number of fused-ring (bicyclic) bond motifs is 1. The van der Waals surface area contributed by atoms with E-state index in [0.717, 1.165) is 30.2 Å². The number of hydrogen-bond donors (Lipinski definition) is 1. The molecule has 7 heteroatoms. The maximum Gasteiger partial charge on any atom is 0.272 e. The maximum atomic E-state index is 13.1. The quantitative estimate of drug-likeness (QED) is 0.125. The molecule has 5 nitrogen and oxygen atoms in total. The third-order valence-corrected chi connectivity index (χ3v) is 6.00. The Bertz CT molecular complexity index is 1400. The number of ether oxygens (including phenoxy) is 1. The summed E-state index contributed by atoms with van der Waals surface area (Å²) in [4.78, 5) is 17.8. The number of halogens is 2. The molecule has 0 aliphatic heterocycles. The van der Waals surface area contributed by atoms with Gasteiger partial charge in [0.2, 0.25) is 0 Å². The molecular formula is C26H17BrIN3O2. The molecule has 1 heterocycles. The van der Waals surface area contributed by atoms with E-state index in [2.05, 4.69) is 55.0 Å². The minimum Gasteiger partial charge on any atom is -0.479 e. The van der Waals surface area contributed by atoms with Crippen molar-refractivity contribution in [1.29, 1.82) is 0 Å². The third kappa shape index (κ3) is 5.41. The first-order valence-corrected chi connectivity index (χ1v) is 11.8. The number of hydrazone groups is 1. The summed E-state index contributed by atoms with van der Waals surface area (Å²) in [5.41, 5.74) is 6.19. The first-order valence-electron chi connectivity index (χ1n) is 9.90. The summed E-state index contributed by atoms with van der Waals surface area (Å²) >= 11 is 5.64. The van der Waals surface area contributed by atoms with Crippen LogP contribution >= 0.6 is 38.5 Å². The molecule has 1 N–H and O–H groups in total. The van der Waals surface area contributed by atoms with Crippen LogP contribution in [0.3, 0.4) is 0 Å². The normalized spacial score (nSPS) is 10.8. The summed E-state index contributed by atoms with van der Waals surface area (Å²) in [6, 6.07) is 22.8. The van der Waals surface area contributed by atoms with Gasteiger partial charge in [0.15, 0.2) is 0 Å². The van der Waals surface area contributed by atoms with Crippen molar-refractivity contribution in [2.45, 2.75) is 0 Å². The van der Waals surface area contributed by atoms with Crippen molar-refractivity contribution in [3.05, 3.63) is 92.0 Å². The zero-order valence-corrected chi connectivity index (χ0v) is 21.0. The van der Waals surface area contributed by atoms with Gasteiger partial charge in [-0.2, -0.15) is 5.10 Å². The standard InChI is InChI=1S/C26H17BrIN3O2/c1-2-12-33-25-18(13-19(27)14-22(25)28)16-29-31-26(32)21-15-24(17-8-4-3-5-9-17)30-23-11-7-6-10-20(21)23/h1,3-11,13-16H,12H2,(H,31,32)/b29-16-. The second-order valence-corrected chi connectivity index (χ2v) is 9.01. The topological polar surface area (TPSA) is 63.6 Å². The number of hydrogen-bond acceptors (Lipinski definition) is 4. The van der Waals surface area contributed by atoms with Gasteiger partial charge in [-0.3, -0.25) is 4.79 Å². The van der Waals surface area contributed by atoms with E-state index in [1.54, 1.807) is 6.07 Å². The summed E-state index contributed by atoms with van der Waals surface area (Å²) in [5, 5.41) is 4.93. The Balaban J connectivity index is 1.65. The van der Waals surface area contributed by atoms with Gasteiger partial charge in [-0.05, 0) is 46.9 Å². The molecule has 33 heavy (non-hydrogen) atoms. The monoisotopic (exact) mass is 609 g/mol. The first kappa shape index (κ1) is 23.0. The predicted octanol–water partition coefficient (Wildman–Crippen LogP) is 6.04. The molecule has 4 aromatic rings. The Hall–Kier alpha value is -3.22. The third-order valence-electron chi connectivity index (χ3n) is 4.74. The average molecular weight is 610 g/mol. The molecule has 0 spiro atoms. The highest BCUT2D eigenvalue weighted by Gasteiger charge is 2.14. The molecule has 0 aliphatic carbocycles. The molecule has 4 rings (SSSR count). The summed E-state index contributed by atoms with van der Waals surface area (Å²) in [5.74, 6) is 2.73. The van der Waals surface area contributed by atoms with Crippen molar-refractivity contribution in [2.75, 3.05) is 6.61 Å².